The lowest BCUT2D eigenvalue weighted by atomic mass is 10.2. The van der Waals surface area contributed by atoms with Gasteiger partial charge in [0, 0.05) is 19.2 Å². The summed E-state index contributed by atoms with van der Waals surface area (Å²) in [5, 5.41) is 3.35. The Morgan fingerprint density at radius 1 is 1.56 bits per heavy atom. The van der Waals surface area contributed by atoms with E-state index in [2.05, 4.69) is 27.1 Å². The molecule has 0 spiro atoms. The van der Waals surface area contributed by atoms with Crippen molar-refractivity contribution in [2.75, 3.05) is 44.9 Å². The number of aromatic nitrogens is 2. The van der Waals surface area contributed by atoms with Gasteiger partial charge in [0.05, 0.1) is 26.4 Å². The van der Waals surface area contributed by atoms with E-state index in [1.807, 2.05) is 6.07 Å². The predicted molar refractivity (Wildman–Crippen MR) is 69.1 cm³/mol. The molecule has 1 saturated heterocycles. The molecule has 0 aliphatic carbocycles. The molecular formula is C12H20N4O2. The lowest BCUT2D eigenvalue weighted by molar-refractivity contribution is 0.0934. The molecule has 18 heavy (non-hydrogen) atoms. The van der Waals surface area contributed by atoms with Crippen LogP contribution < -0.4 is 15.0 Å². The monoisotopic (exact) mass is 252 g/mol. The van der Waals surface area contributed by atoms with E-state index in [4.69, 9.17) is 9.47 Å². The van der Waals surface area contributed by atoms with Crippen LogP contribution in [0.5, 0.6) is 5.88 Å². The molecule has 0 saturated carbocycles. The van der Waals surface area contributed by atoms with E-state index in [0.717, 1.165) is 38.7 Å². The molecule has 100 valence electrons. The Bertz CT molecular complexity index is 375. The minimum absolute atomic E-state index is 0.304. The second-order valence-electron chi connectivity index (χ2n) is 4.15. The predicted octanol–water partition coefficient (Wildman–Crippen LogP) is 0.300. The number of anilines is 1. The topological polar surface area (TPSA) is 59.5 Å². The fourth-order valence-corrected chi connectivity index (χ4v) is 2.04. The number of ether oxygens (including phenoxy) is 2. The van der Waals surface area contributed by atoms with Gasteiger partial charge in [-0.2, -0.15) is 0 Å². The summed E-state index contributed by atoms with van der Waals surface area (Å²) < 4.78 is 10.7. The van der Waals surface area contributed by atoms with E-state index in [1.54, 1.807) is 7.11 Å². The molecule has 0 aromatic carbocycles. The summed E-state index contributed by atoms with van der Waals surface area (Å²) in [4.78, 5) is 10.6. The lowest BCUT2D eigenvalue weighted by Gasteiger charge is -2.36. The maximum absolute atomic E-state index is 5.53. The first-order valence-corrected chi connectivity index (χ1v) is 6.26. The van der Waals surface area contributed by atoms with Crippen molar-refractivity contribution >= 4 is 5.82 Å². The number of methoxy groups -OCH3 is 1. The number of rotatable bonds is 5. The van der Waals surface area contributed by atoms with Crippen molar-refractivity contribution in [3.05, 3.63) is 12.4 Å². The first-order valence-electron chi connectivity index (χ1n) is 6.26. The quantitative estimate of drug-likeness (QED) is 0.813. The van der Waals surface area contributed by atoms with Crippen molar-refractivity contribution < 1.29 is 9.47 Å². The Morgan fingerprint density at radius 3 is 3.22 bits per heavy atom. The third kappa shape index (κ3) is 3.08. The number of hydrogen-bond donors (Lipinski definition) is 1. The third-order valence-electron chi connectivity index (χ3n) is 2.99. The summed E-state index contributed by atoms with van der Waals surface area (Å²) in [6.45, 7) is 6.24. The Kier molecular flexibility index (Phi) is 4.72. The van der Waals surface area contributed by atoms with Crippen molar-refractivity contribution in [3.63, 3.8) is 0 Å². The molecule has 2 rings (SSSR count). The van der Waals surface area contributed by atoms with E-state index in [0.29, 0.717) is 11.9 Å². The second-order valence-corrected chi connectivity index (χ2v) is 4.15. The van der Waals surface area contributed by atoms with Crippen LogP contribution >= 0.6 is 0 Å². The molecule has 2 heterocycles. The van der Waals surface area contributed by atoms with Gasteiger partial charge in [0.1, 0.15) is 12.1 Å². The van der Waals surface area contributed by atoms with Crippen molar-refractivity contribution in [2.45, 2.75) is 13.0 Å². The van der Waals surface area contributed by atoms with Crippen LogP contribution in [0.3, 0.4) is 0 Å². The summed E-state index contributed by atoms with van der Waals surface area (Å²) in [6, 6.07) is 2.17. The van der Waals surface area contributed by atoms with E-state index in [9.17, 15) is 0 Å². The van der Waals surface area contributed by atoms with Gasteiger partial charge in [-0.05, 0) is 6.54 Å². The van der Waals surface area contributed by atoms with Crippen LogP contribution in [-0.2, 0) is 4.74 Å². The van der Waals surface area contributed by atoms with Crippen LogP contribution in [0.4, 0.5) is 5.82 Å². The molecule has 1 aliphatic rings. The average Bonchev–Trinajstić information content (AvgIpc) is 2.45. The maximum Gasteiger partial charge on any atom is 0.218 e. The fourth-order valence-electron chi connectivity index (χ4n) is 2.04. The van der Waals surface area contributed by atoms with Crippen LogP contribution in [0, 0.1) is 0 Å². The molecule has 0 radical (unpaired) electrons. The molecule has 1 fully saturated rings. The molecule has 1 N–H and O–H groups in total. The lowest BCUT2D eigenvalue weighted by Crippen LogP contribution is -2.50. The van der Waals surface area contributed by atoms with E-state index < -0.39 is 0 Å². The Morgan fingerprint density at radius 2 is 2.44 bits per heavy atom. The molecule has 1 unspecified atom stereocenters. The highest BCUT2D eigenvalue weighted by Gasteiger charge is 2.24. The van der Waals surface area contributed by atoms with Crippen LogP contribution in [0.2, 0.25) is 0 Å². The number of nitrogens with zero attached hydrogens (tertiary/aromatic N) is 3. The second kappa shape index (κ2) is 6.51. The molecular weight excluding hydrogens is 232 g/mol. The zero-order chi connectivity index (χ0) is 12.8. The largest absolute Gasteiger partial charge is 0.481 e. The summed E-state index contributed by atoms with van der Waals surface area (Å²) in [5.41, 5.74) is 0. The normalized spacial score (nSPS) is 19.9. The minimum atomic E-state index is 0.304. The first-order chi connectivity index (χ1) is 8.85. The Balaban J connectivity index is 2.11. The van der Waals surface area contributed by atoms with Gasteiger partial charge in [0.15, 0.2) is 0 Å². The number of nitrogens with one attached hydrogen (secondary N) is 1. The van der Waals surface area contributed by atoms with Gasteiger partial charge in [0.2, 0.25) is 5.88 Å². The summed E-state index contributed by atoms with van der Waals surface area (Å²) in [7, 11) is 1.61. The Hall–Kier alpha value is -1.40. The van der Waals surface area contributed by atoms with Crippen molar-refractivity contribution in [1.29, 1.82) is 0 Å². The fraction of sp³-hybridized carbons (Fsp3) is 0.667. The number of hydrogen-bond acceptors (Lipinski definition) is 6. The highest BCUT2D eigenvalue weighted by Crippen LogP contribution is 2.19. The van der Waals surface area contributed by atoms with Gasteiger partial charge >= 0.3 is 0 Å². The Labute approximate surface area is 107 Å². The van der Waals surface area contributed by atoms with Crippen LogP contribution in [0.25, 0.3) is 0 Å². The van der Waals surface area contributed by atoms with Gasteiger partial charge in [-0.1, -0.05) is 6.92 Å². The van der Waals surface area contributed by atoms with Gasteiger partial charge in [-0.25, -0.2) is 9.97 Å². The highest BCUT2D eigenvalue weighted by molar-refractivity contribution is 5.42. The van der Waals surface area contributed by atoms with Gasteiger partial charge < -0.3 is 19.7 Å². The molecule has 6 heteroatoms. The zero-order valence-electron chi connectivity index (χ0n) is 10.9. The minimum Gasteiger partial charge on any atom is -0.481 e. The number of morpholine rings is 1. The molecule has 6 nitrogen and oxygen atoms in total. The van der Waals surface area contributed by atoms with Crippen LogP contribution in [0.15, 0.2) is 12.4 Å². The zero-order valence-corrected chi connectivity index (χ0v) is 10.9. The molecule has 0 amide bonds. The van der Waals surface area contributed by atoms with Crippen LogP contribution in [-0.4, -0.2) is 56.0 Å². The molecule has 1 aromatic heterocycles. The summed E-state index contributed by atoms with van der Waals surface area (Å²) in [5.74, 6) is 1.49. The molecule has 1 aromatic rings. The van der Waals surface area contributed by atoms with Crippen molar-refractivity contribution in [2.24, 2.45) is 0 Å². The van der Waals surface area contributed by atoms with Crippen molar-refractivity contribution in [3.8, 4) is 5.88 Å². The van der Waals surface area contributed by atoms with Crippen molar-refractivity contribution in [1.82, 2.24) is 15.3 Å². The smallest absolute Gasteiger partial charge is 0.218 e. The molecule has 1 aliphatic heterocycles. The SMILES string of the molecule is CCNCC1COCCN1c1cc(OC)ncn1. The van der Waals surface area contributed by atoms with Gasteiger partial charge in [-0.3, -0.25) is 0 Å². The van der Waals surface area contributed by atoms with E-state index >= 15 is 0 Å². The number of likely N-dealkylation sites (N-methyl/N-ethyl adjacent to an activating group) is 1. The maximum atomic E-state index is 5.53. The van der Waals surface area contributed by atoms with Gasteiger partial charge in [0.25, 0.3) is 0 Å². The van der Waals surface area contributed by atoms with E-state index in [-0.39, 0.29) is 0 Å². The summed E-state index contributed by atoms with van der Waals surface area (Å²) in [6.07, 6.45) is 1.54. The average molecular weight is 252 g/mol. The molecule has 1 atom stereocenters. The highest BCUT2D eigenvalue weighted by atomic mass is 16.5. The molecule has 0 bridgehead atoms. The summed E-state index contributed by atoms with van der Waals surface area (Å²) >= 11 is 0. The van der Waals surface area contributed by atoms with Crippen LogP contribution in [0.1, 0.15) is 6.92 Å². The third-order valence-corrected chi connectivity index (χ3v) is 2.99. The van der Waals surface area contributed by atoms with Gasteiger partial charge in [-0.15, -0.1) is 0 Å². The first kappa shape index (κ1) is 13.0. The van der Waals surface area contributed by atoms with E-state index in [1.165, 1.54) is 6.33 Å². The standard InChI is InChI=1S/C12H20N4O2/c1-3-13-7-10-8-18-5-4-16(10)11-6-12(17-2)15-9-14-11/h6,9-10,13H,3-5,7-8H2,1-2H3.